The molecule has 0 spiro atoms. The van der Waals surface area contributed by atoms with Crippen LogP contribution in [0, 0.1) is 5.92 Å². The number of amides is 1. The van der Waals surface area contributed by atoms with Crippen LogP contribution in [0.2, 0.25) is 0 Å². The van der Waals surface area contributed by atoms with E-state index in [2.05, 4.69) is 26.1 Å². The molecule has 4 heteroatoms. The third-order valence-corrected chi connectivity index (χ3v) is 5.71. The molecule has 0 aromatic heterocycles. The molecule has 1 aliphatic carbocycles. The zero-order valence-corrected chi connectivity index (χ0v) is 18.6. The van der Waals surface area contributed by atoms with Gasteiger partial charge in [0.15, 0.2) is 6.61 Å². The average Bonchev–Trinajstić information content (AvgIpc) is 2.74. The second kappa shape index (κ2) is 10.5. The lowest BCUT2D eigenvalue weighted by molar-refractivity contribution is -0.118. The first-order valence-corrected chi connectivity index (χ1v) is 11.2. The van der Waals surface area contributed by atoms with Crippen LogP contribution in [0.1, 0.15) is 64.9 Å². The van der Waals surface area contributed by atoms with Gasteiger partial charge in [0.05, 0.1) is 6.61 Å². The van der Waals surface area contributed by atoms with E-state index in [1.54, 1.807) is 0 Å². The number of para-hydroxylation sites is 1. The summed E-state index contributed by atoms with van der Waals surface area (Å²) in [6, 6.07) is 15.4. The Balaban J connectivity index is 1.43. The number of carbonyl (C=O) groups excluding carboxylic acids is 1. The van der Waals surface area contributed by atoms with Gasteiger partial charge in [0.2, 0.25) is 0 Å². The summed E-state index contributed by atoms with van der Waals surface area (Å²) in [5.41, 5.74) is 1.79. The highest BCUT2D eigenvalue weighted by Gasteiger charge is 2.19. The van der Waals surface area contributed by atoms with E-state index in [4.69, 9.17) is 9.47 Å². The van der Waals surface area contributed by atoms with E-state index in [0.29, 0.717) is 0 Å². The quantitative estimate of drug-likeness (QED) is 0.552. The van der Waals surface area contributed by atoms with Crippen molar-refractivity contribution in [1.82, 2.24) is 0 Å². The minimum absolute atomic E-state index is 0.0211. The van der Waals surface area contributed by atoms with Crippen LogP contribution in [0.3, 0.4) is 0 Å². The third-order valence-electron chi connectivity index (χ3n) is 5.71. The molecule has 4 nitrogen and oxygen atoms in total. The Hall–Kier alpha value is -2.49. The SMILES string of the molecule is CC(C)(C)c1ccccc1OCC(=O)Nc1ccc(OCCC2CCCCC2)cc1. The lowest BCUT2D eigenvalue weighted by Crippen LogP contribution is -2.21. The molecule has 1 N–H and O–H groups in total. The van der Waals surface area contributed by atoms with Crippen molar-refractivity contribution in [1.29, 1.82) is 0 Å². The molecule has 1 fully saturated rings. The van der Waals surface area contributed by atoms with E-state index >= 15 is 0 Å². The normalized spacial score (nSPS) is 14.9. The highest BCUT2D eigenvalue weighted by atomic mass is 16.5. The number of nitrogens with one attached hydrogen (secondary N) is 1. The molecule has 0 bridgehead atoms. The summed E-state index contributed by atoms with van der Waals surface area (Å²) in [6.07, 6.45) is 7.94. The second-order valence-corrected chi connectivity index (χ2v) is 9.25. The molecule has 30 heavy (non-hydrogen) atoms. The molecule has 0 heterocycles. The molecule has 2 aromatic carbocycles. The Morgan fingerprint density at radius 2 is 1.67 bits per heavy atom. The first-order valence-electron chi connectivity index (χ1n) is 11.2. The molecule has 1 aliphatic rings. The van der Waals surface area contributed by atoms with Crippen molar-refractivity contribution in [3.8, 4) is 11.5 Å². The maximum atomic E-state index is 12.3. The molecule has 1 saturated carbocycles. The van der Waals surface area contributed by atoms with E-state index in [0.717, 1.165) is 41.7 Å². The predicted octanol–water partition coefficient (Wildman–Crippen LogP) is 6.35. The maximum Gasteiger partial charge on any atom is 0.262 e. The smallest absolute Gasteiger partial charge is 0.262 e. The van der Waals surface area contributed by atoms with Gasteiger partial charge in [0, 0.05) is 5.69 Å². The van der Waals surface area contributed by atoms with E-state index in [1.807, 2.05) is 48.5 Å². The predicted molar refractivity (Wildman–Crippen MR) is 122 cm³/mol. The monoisotopic (exact) mass is 409 g/mol. The van der Waals surface area contributed by atoms with Gasteiger partial charge in [-0.1, -0.05) is 71.1 Å². The van der Waals surface area contributed by atoms with Gasteiger partial charge in [-0.15, -0.1) is 0 Å². The molecule has 0 aliphatic heterocycles. The van der Waals surface area contributed by atoms with Crippen molar-refractivity contribution in [3.63, 3.8) is 0 Å². The molecule has 2 aromatic rings. The highest BCUT2D eigenvalue weighted by Crippen LogP contribution is 2.31. The van der Waals surface area contributed by atoms with Gasteiger partial charge in [-0.2, -0.15) is 0 Å². The molecule has 0 saturated heterocycles. The lowest BCUT2D eigenvalue weighted by Gasteiger charge is -2.22. The molecular formula is C26H35NO3. The van der Waals surface area contributed by atoms with Crippen LogP contribution in [0.15, 0.2) is 48.5 Å². The summed E-state index contributed by atoms with van der Waals surface area (Å²) in [6.45, 7) is 7.14. The van der Waals surface area contributed by atoms with Gasteiger partial charge in [0.25, 0.3) is 5.91 Å². The first kappa shape index (κ1) is 22.2. The molecule has 0 unspecified atom stereocenters. The molecular weight excluding hydrogens is 374 g/mol. The maximum absolute atomic E-state index is 12.3. The van der Waals surface area contributed by atoms with Crippen molar-refractivity contribution < 1.29 is 14.3 Å². The number of rotatable bonds is 8. The number of hydrogen-bond donors (Lipinski definition) is 1. The van der Waals surface area contributed by atoms with Gasteiger partial charge in [-0.3, -0.25) is 4.79 Å². The Kier molecular flexibility index (Phi) is 7.78. The third kappa shape index (κ3) is 6.79. The Bertz CT molecular complexity index is 802. The number of anilines is 1. The Morgan fingerprint density at radius 3 is 2.37 bits per heavy atom. The van der Waals surface area contributed by atoms with E-state index < -0.39 is 0 Å². The minimum Gasteiger partial charge on any atom is -0.494 e. The molecule has 0 atom stereocenters. The van der Waals surface area contributed by atoms with Crippen LogP contribution >= 0.6 is 0 Å². The summed E-state index contributed by atoms with van der Waals surface area (Å²) >= 11 is 0. The van der Waals surface area contributed by atoms with Crippen molar-refractivity contribution in [2.24, 2.45) is 5.92 Å². The summed E-state index contributed by atoms with van der Waals surface area (Å²) in [7, 11) is 0. The standard InChI is InChI=1S/C26H35NO3/c1-26(2,3)23-11-7-8-12-24(23)30-19-25(28)27-21-13-15-22(16-14-21)29-18-17-20-9-5-4-6-10-20/h7-8,11-16,20H,4-6,9-10,17-19H2,1-3H3,(H,27,28). The van der Waals surface area contributed by atoms with E-state index in [-0.39, 0.29) is 17.9 Å². The molecule has 1 amide bonds. The summed E-state index contributed by atoms with van der Waals surface area (Å²) in [4.78, 5) is 12.3. The fourth-order valence-electron chi connectivity index (χ4n) is 4.01. The van der Waals surface area contributed by atoms with Crippen molar-refractivity contribution in [2.75, 3.05) is 18.5 Å². The number of benzene rings is 2. The van der Waals surface area contributed by atoms with Gasteiger partial charge >= 0.3 is 0 Å². The van der Waals surface area contributed by atoms with Crippen LogP contribution in [0.4, 0.5) is 5.69 Å². The van der Waals surface area contributed by atoms with Crippen LogP contribution in [-0.4, -0.2) is 19.1 Å². The van der Waals surface area contributed by atoms with Gasteiger partial charge in [-0.05, 0) is 53.6 Å². The summed E-state index contributed by atoms with van der Waals surface area (Å²) in [5.74, 6) is 2.24. The fraction of sp³-hybridized carbons (Fsp3) is 0.500. The second-order valence-electron chi connectivity index (χ2n) is 9.25. The zero-order valence-electron chi connectivity index (χ0n) is 18.6. The van der Waals surface area contributed by atoms with Crippen LogP contribution in [-0.2, 0) is 10.2 Å². The molecule has 0 radical (unpaired) electrons. The van der Waals surface area contributed by atoms with E-state index in [9.17, 15) is 4.79 Å². The number of carbonyl (C=O) groups is 1. The van der Waals surface area contributed by atoms with Crippen molar-refractivity contribution >= 4 is 11.6 Å². The molecule has 3 rings (SSSR count). The van der Waals surface area contributed by atoms with E-state index in [1.165, 1.54) is 32.1 Å². The van der Waals surface area contributed by atoms with Gasteiger partial charge in [-0.25, -0.2) is 0 Å². The summed E-state index contributed by atoms with van der Waals surface area (Å²) in [5, 5.41) is 2.89. The number of hydrogen-bond acceptors (Lipinski definition) is 3. The van der Waals surface area contributed by atoms with Crippen molar-refractivity contribution in [3.05, 3.63) is 54.1 Å². The highest BCUT2D eigenvalue weighted by molar-refractivity contribution is 5.91. The van der Waals surface area contributed by atoms with Crippen molar-refractivity contribution in [2.45, 2.75) is 64.7 Å². The molecule has 162 valence electrons. The fourth-order valence-corrected chi connectivity index (χ4v) is 4.01. The number of ether oxygens (including phenoxy) is 2. The first-order chi connectivity index (χ1) is 14.4. The minimum atomic E-state index is -0.176. The van der Waals surface area contributed by atoms with Gasteiger partial charge < -0.3 is 14.8 Å². The summed E-state index contributed by atoms with van der Waals surface area (Å²) < 4.78 is 11.7. The lowest BCUT2D eigenvalue weighted by atomic mass is 9.86. The largest absolute Gasteiger partial charge is 0.494 e. The van der Waals surface area contributed by atoms with Crippen LogP contribution in [0.25, 0.3) is 0 Å². The zero-order chi connectivity index (χ0) is 21.4. The van der Waals surface area contributed by atoms with Crippen LogP contribution < -0.4 is 14.8 Å². The van der Waals surface area contributed by atoms with Gasteiger partial charge in [0.1, 0.15) is 11.5 Å². The average molecular weight is 410 g/mol. The Morgan fingerprint density at radius 1 is 0.967 bits per heavy atom. The Labute approximate surface area is 181 Å². The van der Waals surface area contributed by atoms with Crippen LogP contribution in [0.5, 0.6) is 11.5 Å². The topological polar surface area (TPSA) is 47.6 Å².